The van der Waals surface area contributed by atoms with Gasteiger partial charge in [0.15, 0.2) is 11.6 Å². The average molecular weight is 340 g/mol. The zero-order valence-electron chi connectivity index (χ0n) is 14.1. The second-order valence-electron chi connectivity index (χ2n) is 6.10. The predicted molar refractivity (Wildman–Crippen MR) is 93.4 cm³/mol. The van der Waals surface area contributed by atoms with Crippen molar-refractivity contribution in [3.05, 3.63) is 35.9 Å². The molecule has 4 rings (SSSR count). The van der Waals surface area contributed by atoms with Gasteiger partial charge < -0.3 is 15.0 Å². The Hall–Kier alpha value is -2.74. The van der Waals surface area contributed by atoms with E-state index in [9.17, 15) is 0 Å². The zero-order chi connectivity index (χ0) is 17.1. The van der Waals surface area contributed by atoms with Gasteiger partial charge in [0, 0.05) is 32.8 Å². The van der Waals surface area contributed by atoms with Gasteiger partial charge in [0.1, 0.15) is 0 Å². The number of fused-ring (bicyclic) bond motifs is 1. The average Bonchev–Trinajstić information content (AvgIpc) is 3.14. The number of anilines is 2. The molecule has 1 aromatic carbocycles. The molecule has 0 aliphatic carbocycles. The molecule has 0 radical (unpaired) electrons. The van der Waals surface area contributed by atoms with Crippen LogP contribution in [-0.2, 0) is 11.3 Å². The summed E-state index contributed by atoms with van der Waals surface area (Å²) < 4.78 is 10.2. The second-order valence-corrected chi connectivity index (χ2v) is 6.10. The van der Waals surface area contributed by atoms with E-state index in [0.29, 0.717) is 29.7 Å². The number of benzene rings is 1. The summed E-state index contributed by atoms with van der Waals surface area (Å²) in [6.07, 6.45) is 1.93. The van der Waals surface area contributed by atoms with Crippen LogP contribution in [0.5, 0.6) is 0 Å². The predicted octanol–water partition coefficient (Wildman–Crippen LogP) is 2.24. The third-order valence-electron chi connectivity index (χ3n) is 4.47. The summed E-state index contributed by atoms with van der Waals surface area (Å²) in [6, 6.07) is 10.5. The van der Waals surface area contributed by atoms with Crippen LogP contribution in [0.3, 0.4) is 0 Å². The van der Waals surface area contributed by atoms with E-state index >= 15 is 0 Å². The Morgan fingerprint density at radius 2 is 1.80 bits per heavy atom. The molecule has 8 nitrogen and oxygen atoms in total. The molecule has 0 atom stereocenters. The van der Waals surface area contributed by atoms with Crippen LogP contribution in [0.2, 0.25) is 0 Å². The Morgan fingerprint density at radius 3 is 2.56 bits per heavy atom. The number of rotatable bonds is 5. The highest BCUT2D eigenvalue weighted by Crippen LogP contribution is 2.27. The largest absolute Gasteiger partial charge is 0.381 e. The number of aromatic nitrogens is 4. The van der Waals surface area contributed by atoms with Gasteiger partial charge in [-0.1, -0.05) is 30.3 Å². The number of hydrogen-bond acceptors (Lipinski definition) is 8. The van der Waals surface area contributed by atoms with Crippen LogP contribution in [-0.4, -0.2) is 46.6 Å². The number of nitrogens with zero attached hydrogens (tertiary/aromatic N) is 5. The Balaban J connectivity index is 1.63. The molecule has 0 unspecified atom stereocenters. The first-order chi connectivity index (χ1) is 12.3. The molecule has 130 valence electrons. The molecule has 1 fully saturated rings. The molecule has 1 aliphatic heterocycles. The molecular formula is C17H20N6O2. The first-order valence-electron chi connectivity index (χ1n) is 8.40. The molecule has 25 heavy (non-hydrogen) atoms. The van der Waals surface area contributed by atoms with Crippen molar-refractivity contribution in [2.24, 2.45) is 0 Å². The first kappa shape index (κ1) is 15.8. The maximum absolute atomic E-state index is 5.46. The van der Waals surface area contributed by atoms with Crippen LogP contribution < -0.4 is 10.2 Å². The van der Waals surface area contributed by atoms with Gasteiger partial charge in [-0.3, -0.25) is 0 Å². The maximum atomic E-state index is 5.46. The summed E-state index contributed by atoms with van der Waals surface area (Å²) in [5, 5.41) is 11.0. The van der Waals surface area contributed by atoms with Crippen molar-refractivity contribution in [1.29, 1.82) is 0 Å². The van der Waals surface area contributed by atoms with E-state index in [2.05, 4.69) is 42.6 Å². The summed E-state index contributed by atoms with van der Waals surface area (Å²) >= 11 is 0. The van der Waals surface area contributed by atoms with Crippen LogP contribution in [0.15, 0.2) is 35.0 Å². The molecule has 8 heteroatoms. The fourth-order valence-electron chi connectivity index (χ4n) is 3.02. The topological polar surface area (TPSA) is 89.2 Å². The minimum absolute atomic E-state index is 0.359. The van der Waals surface area contributed by atoms with E-state index in [0.717, 1.165) is 31.9 Å². The van der Waals surface area contributed by atoms with Crippen LogP contribution in [0.25, 0.3) is 11.3 Å². The van der Waals surface area contributed by atoms with Crippen molar-refractivity contribution < 1.29 is 9.37 Å². The summed E-state index contributed by atoms with van der Waals surface area (Å²) in [5.41, 5.74) is 1.99. The molecule has 3 heterocycles. The number of ether oxygens (including phenoxy) is 1. The molecule has 1 N–H and O–H groups in total. The lowest BCUT2D eigenvalue weighted by molar-refractivity contribution is 0.0854. The molecular weight excluding hydrogens is 320 g/mol. The zero-order valence-corrected chi connectivity index (χ0v) is 14.1. The summed E-state index contributed by atoms with van der Waals surface area (Å²) in [7, 11) is 2.03. The van der Waals surface area contributed by atoms with Gasteiger partial charge in [-0.15, -0.1) is 0 Å². The SMILES string of the molecule is CN(c1nc2nonc2nc1NCc1ccccc1)C1CCOCC1. The maximum Gasteiger partial charge on any atom is 0.245 e. The molecule has 1 aliphatic rings. The lowest BCUT2D eigenvalue weighted by Crippen LogP contribution is -2.37. The van der Waals surface area contributed by atoms with Crippen LogP contribution in [0.1, 0.15) is 18.4 Å². The van der Waals surface area contributed by atoms with Crippen molar-refractivity contribution in [3.8, 4) is 0 Å². The summed E-state index contributed by atoms with van der Waals surface area (Å²) in [4.78, 5) is 11.3. The number of nitrogens with one attached hydrogen (secondary N) is 1. The lowest BCUT2D eigenvalue weighted by atomic mass is 10.1. The van der Waals surface area contributed by atoms with Gasteiger partial charge in [0.05, 0.1) is 0 Å². The summed E-state index contributed by atoms with van der Waals surface area (Å²) in [5.74, 6) is 1.44. The van der Waals surface area contributed by atoms with Gasteiger partial charge >= 0.3 is 0 Å². The summed E-state index contributed by atoms with van der Waals surface area (Å²) in [6.45, 7) is 2.19. The van der Waals surface area contributed by atoms with Crippen molar-refractivity contribution in [1.82, 2.24) is 20.3 Å². The van der Waals surface area contributed by atoms with Gasteiger partial charge in [0.25, 0.3) is 0 Å². The minimum atomic E-state index is 0.359. The van der Waals surface area contributed by atoms with Gasteiger partial charge in [-0.05, 0) is 28.7 Å². The fraction of sp³-hybridized carbons (Fsp3) is 0.412. The normalized spacial score (nSPS) is 15.4. The monoisotopic (exact) mass is 340 g/mol. The molecule has 0 bridgehead atoms. The third kappa shape index (κ3) is 3.39. The van der Waals surface area contributed by atoms with Gasteiger partial charge in [-0.2, -0.15) is 0 Å². The Morgan fingerprint density at radius 1 is 1.08 bits per heavy atom. The van der Waals surface area contributed by atoms with E-state index in [1.54, 1.807) is 0 Å². The highest BCUT2D eigenvalue weighted by molar-refractivity contribution is 5.74. The van der Waals surface area contributed by atoms with Crippen LogP contribution in [0.4, 0.5) is 11.6 Å². The van der Waals surface area contributed by atoms with Gasteiger partial charge in [-0.25, -0.2) is 14.6 Å². The first-order valence-corrected chi connectivity index (χ1v) is 8.40. The van der Waals surface area contributed by atoms with E-state index in [1.807, 2.05) is 25.2 Å². The highest BCUT2D eigenvalue weighted by Gasteiger charge is 2.24. The third-order valence-corrected chi connectivity index (χ3v) is 4.47. The minimum Gasteiger partial charge on any atom is -0.381 e. The quantitative estimate of drug-likeness (QED) is 0.756. The molecule has 0 amide bonds. The number of hydrogen-bond donors (Lipinski definition) is 1. The highest BCUT2D eigenvalue weighted by atomic mass is 16.6. The fourth-order valence-corrected chi connectivity index (χ4v) is 3.02. The van der Waals surface area contributed by atoms with E-state index < -0.39 is 0 Å². The molecule has 0 saturated carbocycles. The standard InChI is InChI=1S/C17H20N6O2/c1-23(13-7-9-24-10-8-13)17-16(18-11-12-5-3-2-4-6-12)19-14-15(20-17)22-25-21-14/h2-6,13H,7-11H2,1H3,(H,18,19,21). The van der Waals surface area contributed by atoms with Crippen molar-refractivity contribution in [3.63, 3.8) is 0 Å². The molecule has 0 spiro atoms. The van der Waals surface area contributed by atoms with Crippen LogP contribution >= 0.6 is 0 Å². The van der Waals surface area contributed by atoms with Gasteiger partial charge in [0.2, 0.25) is 11.3 Å². The Bertz CT molecular complexity index is 832. The second kappa shape index (κ2) is 7.02. The van der Waals surface area contributed by atoms with Crippen molar-refractivity contribution >= 4 is 22.9 Å². The van der Waals surface area contributed by atoms with Crippen molar-refractivity contribution in [2.75, 3.05) is 30.5 Å². The van der Waals surface area contributed by atoms with Crippen LogP contribution in [0, 0.1) is 0 Å². The van der Waals surface area contributed by atoms with E-state index in [1.165, 1.54) is 5.56 Å². The molecule has 2 aromatic heterocycles. The van der Waals surface area contributed by atoms with E-state index in [-0.39, 0.29) is 0 Å². The smallest absolute Gasteiger partial charge is 0.245 e. The molecule has 3 aromatic rings. The van der Waals surface area contributed by atoms with E-state index in [4.69, 9.17) is 9.37 Å². The molecule has 1 saturated heterocycles. The Kier molecular flexibility index (Phi) is 4.43. The lowest BCUT2D eigenvalue weighted by Gasteiger charge is -2.32. The Labute approximate surface area is 145 Å². The van der Waals surface area contributed by atoms with Crippen molar-refractivity contribution in [2.45, 2.75) is 25.4 Å².